The van der Waals surface area contributed by atoms with Crippen molar-refractivity contribution in [2.75, 3.05) is 0 Å². The quantitative estimate of drug-likeness (QED) is 0.818. The molecule has 2 heterocycles. The summed E-state index contributed by atoms with van der Waals surface area (Å²) in [5.41, 5.74) is 2.74. The highest BCUT2D eigenvalue weighted by Gasteiger charge is 2.03. The minimum atomic E-state index is 0.0477. The van der Waals surface area contributed by atoms with Gasteiger partial charge in [0.15, 0.2) is 0 Å². The van der Waals surface area contributed by atoms with Gasteiger partial charge in [0, 0.05) is 6.20 Å². The molecular formula is C9H9ClN4S. The standard InChI is InChI=1S/C9H9ClN4S/c1-6(13-9-14-12-5-15-9)7-2-3-8(10)11-4-7/h2-6H,1H3,(H,13,14). The summed E-state index contributed by atoms with van der Waals surface area (Å²) in [4.78, 5) is 9.25. The van der Waals surface area contributed by atoms with Crippen molar-refractivity contribution in [3.05, 3.63) is 39.4 Å². The van der Waals surface area contributed by atoms with Crippen molar-refractivity contribution in [3.8, 4) is 0 Å². The molecular weight excluding hydrogens is 232 g/mol. The van der Waals surface area contributed by atoms with Gasteiger partial charge in [-0.15, -0.1) is 0 Å². The van der Waals surface area contributed by atoms with Crippen LogP contribution in [0.5, 0.6) is 0 Å². The number of aromatic nitrogens is 3. The zero-order valence-corrected chi connectivity index (χ0v) is 9.59. The van der Waals surface area contributed by atoms with Gasteiger partial charge in [-0.25, -0.2) is 9.98 Å². The first-order valence-electron chi connectivity index (χ1n) is 4.39. The lowest BCUT2D eigenvalue weighted by Gasteiger charge is -2.04. The van der Waals surface area contributed by atoms with Crippen LogP contribution >= 0.6 is 22.9 Å². The molecule has 78 valence electrons. The van der Waals surface area contributed by atoms with Gasteiger partial charge in [-0.3, -0.25) is 5.10 Å². The molecule has 0 radical (unpaired) electrons. The Bertz CT molecular complexity index is 471. The fraction of sp³-hybridized carbons (Fsp3) is 0.222. The number of nitrogens with one attached hydrogen (secondary N) is 1. The van der Waals surface area contributed by atoms with Crippen molar-refractivity contribution in [3.63, 3.8) is 0 Å². The summed E-state index contributed by atoms with van der Waals surface area (Å²) in [5, 5.41) is 7.15. The Kier molecular flexibility index (Phi) is 3.13. The zero-order valence-electron chi connectivity index (χ0n) is 8.01. The van der Waals surface area contributed by atoms with Crippen molar-refractivity contribution in [1.29, 1.82) is 0 Å². The molecule has 0 aliphatic rings. The Morgan fingerprint density at radius 2 is 2.40 bits per heavy atom. The van der Waals surface area contributed by atoms with Gasteiger partial charge in [0.25, 0.3) is 0 Å². The first kappa shape index (κ1) is 10.3. The van der Waals surface area contributed by atoms with Crippen LogP contribution in [-0.2, 0) is 0 Å². The predicted octanol–water partition coefficient (Wildman–Crippen LogP) is 2.18. The number of hydrogen-bond donors (Lipinski definition) is 1. The third-order valence-corrected chi connectivity index (χ3v) is 2.78. The third kappa shape index (κ3) is 2.64. The monoisotopic (exact) mass is 240 g/mol. The van der Waals surface area contributed by atoms with Crippen molar-refractivity contribution < 1.29 is 0 Å². The highest BCUT2D eigenvalue weighted by atomic mass is 35.5. The smallest absolute Gasteiger partial charge is 0.200 e. The largest absolute Gasteiger partial charge is 0.252 e. The van der Waals surface area contributed by atoms with E-state index in [0.29, 0.717) is 5.15 Å². The molecule has 0 amide bonds. The summed E-state index contributed by atoms with van der Waals surface area (Å²) in [5.74, 6) is 0. The molecule has 2 aromatic heterocycles. The number of H-pyrrole nitrogens is 1. The van der Waals surface area contributed by atoms with Gasteiger partial charge in [-0.2, -0.15) is 5.10 Å². The van der Waals surface area contributed by atoms with Crippen molar-refractivity contribution >= 4 is 22.9 Å². The second-order valence-electron chi connectivity index (χ2n) is 2.99. The summed E-state index contributed by atoms with van der Waals surface area (Å²) >= 11 is 7.17. The van der Waals surface area contributed by atoms with E-state index in [0.717, 1.165) is 10.4 Å². The van der Waals surface area contributed by atoms with E-state index in [2.05, 4.69) is 20.2 Å². The number of hydrogen-bond acceptors (Lipinski definition) is 4. The molecule has 15 heavy (non-hydrogen) atoms. The lowest BCUT2D eigenvalue weighted by molar-refractivity contribution is 0.773. The predicted molar refractivity (Wildman–Crippen MR) is 59.7 cm³/mol. The van der Waals surface area contributed by atoms with Crippen LogP contribution in [0.4, 0.5) is 0 Å². The van der Waals surface area contributed by atoms with Crippen molar-refractivity contribution in [1.82, 2.24) is 15.2 Å². The van der Waals surface area contributed by atoms with E-state index in [1.807, 2.05) is 13.0 Å². The van der Waals surface area contributed by atoms with E-state index >= 15 is 0 Å². The molecule has 2 aromatic rings. The summed E-state index contributed by atoms with van der Waals surface area (Å²) < 4.78 is 0. The van der Waals surface area contributed by atoms with E-state index in [1.54, 1.807) is 17.8 Å². The second kappa shape index (κ2) is 4.55. The minimum Gasteiger partial charge on any atom is -0.252 e. The number of aromatic amines is 1. The topological polar surface area (TPSA) is 53.9 Å². The molecule has 6 heteroatoms. The average Bonchev–Trinajstić information content (AvgIpc) is 2.71. The summed E-state index contributed by atoms with van der Waals surface area (Å²) in [7, 11) is 0. The molecule has 0 bridgehead atoms. The van der Waals surface area contributed by atoms with Gasteiger partial charge in [0.1, 0.15) is 10.7 Å². The molecule has 0 saturated heterocycles. The van der Waals surface area contributed by atoms with Crippen molar-refractivity contribution in [2.45, 2.75) is 13.0 Å². The van der Waals surface area contributed by atoms with E-state index in [1.165, 1.54) is 11.3 Å². The Balaban J connectivity index is 2.26. The Morgan fingerprint density at radius 3 is 3.00 bits per heavy atom. The van der Waals surface area contributed by atoms with Gasteiger partial charge in [-0.1, -0.05) is 29.0 Å². The molecule has 2 rings (SSSR count). The first-order valence-corrected chi connectivity index (χ1v) is 5.65. The fourth-order valence-electron chi connectivity index (χ4n) is 1.13. The van der Waals surface area contributed by atoms with Crippen LogP contribution in [0.3, 0.4) is 0 Å². The summed E-state index contributed by atoms with van der Waals surface area (Å²) in [6.07, 6.45) is 1.73. The maximum atomic E-state index is 5.70. The average molecular weight is 241 g/mol. The molecule has 1 N–H and O–H groups in total. The molecule has 0 spiro atoms. The van der Waals surface area contributed by atoms with Crippen LogP contribution in [0.2, 0.25) is 5.15 Å². The number of nitrogens with zero attached hydrogens (tertiary/aromatic N) is 3. The van der Waals surface area contributed by atoms with Crippen LogP contribution < -0.4 is 4.80 Å². The lowest BCUT2D eigenvalue weighted by atomic mass is 10.2. The maximum Gasteiger partial charge on any atom is 0.200 e. The second-order valence-corrected chi connectivity index (χ2v) is 4.21. The minimum absolute atomic E-state index is 0.0477. The van der Waals surface area contributed by atoms with Gasteiger partial charge in [-0.05, 0) is 18.6 Å². The molecule has 0 aliphatic heterocycles. The fourth-order valence-corrected chi connectivity index (χ4v) is 1.77. The van der Waals surface area contributed by atoms with Gasteiger partial charge >= 0.3 is 0 Å². The van der Waals surface area contributed by atoms with Crippen LogP contribution in [0.15, 0.2) is 28.8 Å². The molecule has 1 atom stereocenters. The van der Waals surface area contributed by atoms with Crippen molar-refractivity contribution in [2.24, 2.45) is 4.99 Å². The Morgan fingerprint density at radius 1 is 1.53 bits per heavy atom. The normalized spacial score (nSPS) is 14.1. The van der Waals surface area contributed by atoms with E-state index < -0.39 is 0 Å². The Labute approximate surface area is 95.7 Å². The van der Waals surface area contributed by atoms with Crippen LogP contribution in [0.25, 0.3) is 0 Å². The molecule has 0 saturated carbocycles. The molecule has 1 unspecified atom stereocenters. The highest BCUT2D eigenvalue weighted by molar-refractivity contribution is 7.06. The van der Waals surface area contributed by atoms with Crippen LogP contribution in [0.1, 0.15) is 18.5 Å². The Hall–Kier alpha value is -1.20. The SMILES string of the molecule is CC(/N=c1\[nH]ncs1)c1ccc(Cl)nc1. The molecule has 0 fully saturated rings. The summed E-state index contributed by atoms with van der Waals surface area (Å²) in [6.45, 7) is 2.00. The van der Waals surface area contributed by atoms with Gasteiger partial charge in [0.05, 0.1) is 6.04 Å². The summed E-state index contributed by atoms with van der Waals surface area (Å²) in [6, 6.07) is 3.73. The van der Waals surface area contributed by atoms with E-state index in [4.69, 9.17) is 11.6 Å². The highest BCUT2D eigenvalue weighted by Crippen LogP contribution is 2.16. The number of rotatable bonds is 2. The number of halogens is 1. The number of pyridine rings is 1. The molecule has 4 nitrogen and oxygen atoms in total. The molecule has 0 aliphatic carbocycles. The lowest BCUT2D eigenvalue weighted by Crippen LogP contribution is -2.02. The van der Waals surface area contributed by atoms with Gasteiger partial charge < -0.3 is 0 Å². The van der Waals surface area contributed by atoms with Gasteiger partial charge in [0.2, 0.25) is 4.80 Å². The van der Waals surface area contributed by atoms with Crippen LogP contribution in [-0.4, -0.2) is 15.2 Å². The van der Waals surface area contributed by atoms with E-state index in [9.17, 15) is 0 Å². The molecule has 0 aromatic carbocycles. The maximum absolute atomic E-state index is 5.70. The van der Waals surface area contributed by atoms with Crippen LogP contribution in [0, 0.1) is 0 Å². The zero-order chi connectivity index (χ0) is 10.7. The van der Waals surface area contributed by atoms with E-state index in [-0.39, 0.29) is 6.04 Å². The third-order valence-electron chi connectivity index (χ3n) is 1.92. The first-order chi connectivity index (χ1) is 7.25.